The van der Waals surface area contributed by atoms with Gasteiger partial charge in [0.2, 0.25) is 5.91 Å². The van der Waals surface area contributed by atoms with Crippen LogP contribution in [-0.2, 0) is 29.1 Å². The fourth-order valence-corrected chi connectivity index (χ4v) is 4.50. The van der Waals surface area contributed by atoms with Gasteiger partial charge in [0.05, 0.1) is 5.57 Å². The van der Waals surface area contributed by atoms with Crippen LogP contribution >= 0.6 is 0 Å². The summed E-state index contributed by atoms with van der Waals surface area (Å²) >= 11 is 0. The molecule has 1 amide bonds. The van der Waals surface area contributed by atoms with Gasteiger partial charge in [0, 0.05) is 26.6 Å². The number of nitrogens with zero attached hydrogens (tertiary/aromatic N) is 2. The lowest BCUT2D eigenvalue weighted by molar-refractivity contribution is -0.156. The van der Waals surface area contributed by atoms with Crippen molar-refractivity contribution in [1.82, 2.24) is 9.21 Å². The predicted octanol–water partition coefficient (Wildman–Crippen LogP) is 1.39. The van der Waals surface area contributed by atoms with Crippen LogP contribution < -0.4 is 0 Å². The monoisotopic (exact) mass is 468 g/mol. The summed E-state index contributed by atoms with van der Waals surface area (Å²) in [5.41, 5.74) is -1.32. The van der Waals surface area contributed by atoms with E-state index in [1.807, 2.05) is 0 Å². The summed E-state index contributed by atoms with van der Waals surface area (Å²) in [6.45, 7) is 0.164. The second-order valence-electron chi connectivity index (χ2n) is 6.73. The summed E-state index contributed by atoms with van der Waals surface area (Å²) in [6, 6.07) is -1.69. The number of hydrogen-bond donors (Lipinski definition) is 1. The van der Waals surface area contributed by atoms with Gasteiger partial charge in [-0.2, -0.15) is 21.9 Å². The van der Waals surface area contributed by atoms with Crippen molar-refractivity contribution in [1.29, 1.82) is 0 Å². The lowest BCUT2D eigenvalue weighted by Gasteiger charge is -2.38. The van der Waals surface area contributed by atoms with E-state index >= 15 is 0 Å². The van der Waals surface area contributed by atoms with Gasteiger partial charge in [-0.15, -0.1) is 0 Å². The number of amides is 1. The highest BCUT2D eigenvalue weighted by atomic mass is 32.2. The van der Waals surface area contributed by atoms with Gasteiger partial charge < -0.3 is 19.5 Å². The SMILES string of the molecule is CC(=O)N1CCN(S(=O)(=O)C2=COC=C(C3=CC=CC(F)(F)C3(F)F)O2)C(C(=O)O)C1. The van der Waals surface area contributed by atoms with Gasteiger partial charge in [-0.3, -0.25) is 9.59 Å². The molecule has 9 nitrogen and oxygen atoms in total. The number of alkyl halides is 4. The van der Waals surface area contributed by atoms with Crippen molar-refractivity contribution in [2.45, 2.75) is 24.8 Å². The third-order valence-electron chi connectivity index (χ3n) is 4.77. The zero-order valence-corrected chi connectivity index (χ0v) is 16.6. The minimum absolute atomic E-state index is 0.0137. The van der Waals surface area contributed by atoms with E-state index < -0.39 is 69.3 Å². The Morgan fingerprint density at radius 3 is 2.48 bits per heavy atom. The molecule has 1 fully saturated rings. The fraction of sp³-hybridized carbons (Fsp3) is 0.412. The molecular weight excluding hydrogens is 452 g/mol. The standard InChI is InChI=1S/C17H16F4N2O7S/c1-10(24)22-5-6-23(12(7-22)15(25)26)31(27,28)14-9-29-8-13(30-14)11-3-2-4-16(18,19)17(11,20)21/h2-4,8-9,12H,5-7H2,1H3,(H,25,26). The van der Waals surface area contributed by atoms with Gasteiger partial charge in [-0.05, 0) is 12.2 Å². The van der Waals surface area contributed by atoms with Crippen molar-refractivity contribution in [2.75, 3.05) is 19.6 Å². The third kappa shape index (κ3) is 3.92. The van der Waals surface area contributed by atoms with E-state index in [9.17, 15) is 40.7 Å². The number of sulfonamides is 1. The average molecular weight is 468 g/mol. The number of carbonyl (C=O) groups excluding carboxylic acids is 1. The van der Waals surface area contributed by atoms with Crippen LogP contribution in [0.3, 0.4) is 0 Å². The topological polar surface area (TPSA) is 113 Å². The molecule has 0 aromatic carbocycles. The summed E-state index contributed by atoms with van der Waals surface area (Å²) in [7, 11) is -4.76. The molecule has 1 N–H and O–H groups in total. The van der Waals surface area contributed by atoms with Gasteiger partial charge >= 0.3 is 17.8 Å². The van der Waals surface area contributed by atoms with E-state index in [-0.39, 0.29) is 12.6 Å². The number of allylic oxidation sites excluding steroid dienone is 4. The molecule has 2 aliphatic heterocycles. The quantitative estimate of drug-likeness (QED) is 0.621. The second kappa shape index (κ2) is 7.67. The second-order valence-corrected chi connectivity index (χ2v) is 8.55. The normalized spacial score (nSPS) is 25.5. The number of aliphatic carboxylic acids is 1. The zero-order valence-electron chi connectivity index (χ0n) is 15.8. The highest BCUT2D eigenvalue weighted by Crippen LogP contribution is 2.47. The van der Waals surface area contributed by atoms with Crippen LogP contribution in [0.5, 0.6) is 0 Å². The van der Waals surface area contributed by atoms with E-state index in [0.29, 0.717) is 29.0 Å². The molecule has 1 aliphatic carbocycles. The molecule has 0 spiro atoms. The largest absolute Gasteiger partial charge is 0.480 e. The molecular formula is C17H16F4N2O7S. The smallest absolute Gasteiger partial charge is 0.342 e. The summed E-state index contributed by atoms with van der Waals surface area (Å²) in [6.07, 6.45) is 2.31. The van der Waals surface area contributed by atoms with Gasteiger partial charge in [0.25, 0.3) is 15.1 Å². The van der Waals surface area contributed by atoms with E-state index in [2.05, 4.69) is 0 Å². The van der Waals surface area contributed by atoms with Crippen LogP contribution in [0.4, 0.5) is 17.6 Å². The van der Waals surface area contributed by atoms with Gasteiger partial charge in [0.1, 0.15) is 18.6 Å². The first kappa shape index (κ1) is 22.8. The van der Waals surface area contributed by atoms with Crippen LogP contribution in [-0.4, -0.2) is 72.1 Å². The van der Waals surface area contributed by atoms with Gasteiger partial charge in [-0.1, -0.05) is 6.08 Å². The highest BCUT2D eigenvalue weighted by Gasteiger charge is 2.60. The Labute approximate surface area is 173 Å². The fourth-order valence-electron chi connectivity index (χ4n) is 3.09. The van der Waals surface area contributed by atoms with Crippen molar-refractivity contribution in [3.8, 4) is 0 Å². The molecule has 1 unspecified atom stereocenters. The minimum atomic E-state index is -4.76. The van der Waals surface area contributed by atoms with Crippen LogP contribution in [0, 0.1) is 0 Å². The van der Waals surface area contributed by atoms with Gasteiger partial charge in [0.15, 0.2) is 5.76 Å². The van der Waals surface area contributed by atoms with E-state index in [4.69, 9.17) is 9.47 Å². The third-order valence-corrected chi connectivity index (χ3v) is 6.51. The Morgan fingerprint density at radius 1 is 1.19 bits per heavy atom. The summed E-state index contributed by atoms with van der Waals surface area (Å²) in [5, 5.41) is 8.34. The zero-order chi connectivity index (χ0) is 23.2. The summed E-state index contributed by atoms with van der Waals surface area (Å²) in [5.74, 6) is -12.3. The molecule has 0 aromatic rings. The maximum Gasteiger partial charge on any atom is 0.342 e. The molecule has 3 rings (SSSR count). The van der Waals surface area contributed by atoms with Crippen molar-refractivity contribution in [2.24, 2.45) is 0 Å². The predicted molar refractivity (Wildman–Crippen MR) is 94.8 cm³/mol. The number of carbonyl (C=O) groups is 2. The number of halogens is 4. The minimum Gasteiger partial charge on any atom is -0.480 e. The van der Waals surface area contributed by atoms with Crippen LogP contribution in [0.2, 0.25) is 0 Å². The maximum absolute atomic E-state index is 14.2. The number of hydrogen-bond acceptors (Lipinski definition) is 6. The van der Waals surface area contributed by atoms with Crippen LogP contribution in [0.15, 0.2) is 47.2 Å². The van der Waals surface area contributed by atoms with Crippen molar-refractivity contribution < 1.29 is 50.1 Å². The molecule has 0 bridgehead atoms. The van der Waals surface area contributed by atoms with Crippen LogP contribution in [0.1, 0.15) is 6.92 Å². The maximum atomic E-state index is 14.2. The molecule has 1 atom stereocenters. The number of piperazine rings is 1. The summed E-state index contributed by atoms with van der Waals surface area (Å²) in [4.78, 5) is 24.2. The number of ether oxygens (including phenoxy) is 2. The first-order chi connectivity index (χ1) is 14.3. The van der Waals surface area contributed by atoms with Crippen molar-refractivity contribution in [3.05, 3.63) is 47.2 Å². The number of carboxylic acids is 1. The molecule has 14 heteroatoms. The Bertz CT molecular complexity index is 1030. The molecule has 3 aliphatic rings. The molecule has 1 saturated heterocycles. The Morgan fingerprint density at radius 2 is 1.87 bits per heavy atom. The Balaban J connectivity index is 1.87. The first-order valence-corrected chi connectivity index (χ1v) is 10.1. The molecule has 2 heterocycles. The average Bonchev–Trinajstić information content (AvgIpc) is 2.69. The molecule has 0 aromatic heterocycles. The van der Waals surface area contributed by atoms with E-state index in [1.165, 1.54) is 6.92 Å². The van der Waals surface area contributed by atoms with E-state index in [0.717, 1.165) is 4.90 Å². The highest BCUT2D eigenvalue weighted by molar-refractivity contribution is 7.92. The van der Waals surface area contributed by atoms with Crippen molar-refractivity contribution in [3.63, 3.8) is 0 Å². The lowest BCUT2D eigenvalue weighted by Crippen LogP contribution is -2.59. The lowest BCUT2D eigenvalue weighted by atomic mass is 9.95. The Hall–Kier alpha value is -2.87. The van der Waals surface area contributed by atoms with Crippen molar-refractivity contribution >= 4 is 21.9 Å². The molecule has 170 valence electrons. The number of carboxylic acid groups (broad SMARTS) is 1. The molecule has 0 radical (unpaired) electrons. The number of rotatable bonds is 4. The van der Waals surface area contributed by atoms with E-state index in [1.54, 1.807) is 0 Å². The first-order valence-electron chi connectivity index (χ1n) is 8.69. The summed E-state index contributed by atoms with van der Waals surface area (Å²) < 4.78 is 91.6. The van der Waals surface area contributed by atoms with Gasteiger partial charge in [-0.25, -0.2) is 8.42 Å². The Kier molecular flexibility index (Phi) is 5.65. The molecule has 31 heavy (non-hydrogen) atoms. The molecule has 0 saturated carbocycles. The van der Waals surface area contributed by atoms with Crippen LogP contribution in [0.25, 0.3) is 0 Å².